The molecule has 116 valence electrons. The number of halogens is 2. The number of amides is 1. The van der Waals surface area contributed by atoms with E-state index in [1.165, 1.54) is 18.2 Å². The number of ether oxygens (including phenoxy) is 1. The number of benzene rings is 1. The number of hydrogen-bond donors (Lipinski definition) is 1. The highest BCUT2D eigenvalue weighted by Gasteiger charge is 2.23. The largest absolute Gasteiger partial charge is 0.480 e. The molecule has 0 bridgehead atoms. The number of carbonyl (C=O) groups is 1. The molecular formula is C16H21BrFNO2. The summed E-state index contributed by atoms with van der Waals surface area (Å²) in [6.45, 7) is 3.95. The normalized spacial score (nSPS) is 23.4. The van der Waals surface area contributed by atoms with Crippen LogP contribution >= 0.6 is 15.9 Å². The quantitative estimate of drug-likeness (QED) is 0.882. The minimum Gasteiger partial charge on any atom is -0.480 e. The Balaban J connectivity index is 1.87. The highest BCUT2D eigenvalue weighted by Crippen LogP contribution is 2.27. The van der Waals surface area contributed by atoms with Gasteiger partial charge in [-0.05, 0) is 72.7 Å². The molecule has 0 aromatic heterocycles. The number of rotatable bonds is 4. The van der Waals surface area contributed by atoms with Gasteiger partial charge in [-0.3, -0.25) is 4.79 Å². The van der Waals surface area contributed by atoms with Gasteiger partial charge in [-0.15, -0.1) is 0 Å². The second kappa shape index (κ2) is 7.25. The van der Waals surface area contributed by atoms with E-state index in [1.807, 2.05) is 0 Å². The molecule has 1 N–H and O–H groups in total. The Morgan fingerprint density at radius 2 is 2.05 bits per heavy atom. The lowest BCUT2D eigenvalue weighted by atomic mass is 9.87. The fraction of sp³-hybridized carbons (Fsp3) is 0.562. The molecule has 21 heavy (non-hydrogen) atoms. The molecule has 1 aromatic carbocycles. The third kappa shape index (κ3) is 4.70. The molecule has 1 atom stereocenters. The van der Waals surface area contributed by atoms with Gasteiger partial charge < -0.3 is 10.1 Å². The van der Waals surface area contributed by atoms with Crippen LogP contribution in [0.4, 0.5) is 4.39 Å². The van der Waals surface area contributed by atoms with Gasteiger partial charge in [0.25, 0.3) is 5.91 Å². The van der Waals surface area contributed by atoms with Crippen molar-refractivity contribution in [2.45, 2.75) is 51.7 Å². The monoisotopic (exact) mass is 357 g/mol. The van der Waals surface area contributed by atoms with E-state index in [9.17, 15) is 9.18 Å². The predicted molar refractivity (Wildman–Crippen MR) is 83.8 cm³/mol. The third-order valence-electron chi connectivity index (χ3n) is 3.93. The SMILES string of the molecule is CC1CCC(NC(=O)C(C)Oc2ccc(F)cc2Br)CC1. The molecule has 0 aliphatic heterocycles. The Morgan fingerprint density at radius 1 is 1.38 bits per heavy atom. The van der Waals surface area contributed by atoms with Gasteiger partial charge in [0.05, 0.1) is 4.47 Å². The summed E-state index contributed by atoms with van der Waals surface area (Å²) < 4.78 is 19.1. The van der Waals surface area contributed by atoms with Gasteiger partial charge in [0.1, 0.15) is 11.6 Å². The Hall–Kier alpha value is -1.10. The Kier molecular flexibility index (Phi) is 5.62. The number of nitrogens with one attached hydrogen (secondary N) is 1. The van der Waals surface area contributed by atoms with Gasteiger partial charge in [-0.1, -0.05) is 6.92 Å². The van der Waals surface area contributed by atoms with Crippen molar-refractivity contribution < 1.29 is 13.9 Å². The van der Waals surface area contributed by atoms with Crippen LogP contribution in [0, 0.1) is 11.7 Å². The van der Waals surface area contributed by atoms with Crippen LogP contribution in [0.15, 0.2) is 22.7 Å². The summed E-state index contributed by atoms with van der Waals surface area (Å²) >= 11 is 3.23. The van der Waals surface area contributed by atoms with Crippen LogP contribution in [0.1, 0.15) is 39.5 Å². The van der Waals surface area contributed by atoms with Crippen LogP contribution in [0.3, 0.4) is 0 Å². The van der Waals surface area contributed by atoms with Crippen molar-refractivity contribution in [3.8, 4) is 5.75 Å². The molecule has 1 aliphatic rings. The first kappa shape index (κ1) is 16.3. The summed E-state index contributed by atoms with van der Waals surface area (Å²) in [5.74, 6) is 0.756. The Labute approximate surface area is 133 Å². The lowest BCUT2D eigenvalue weighted by Crippen LogP contribution is -2.43. The third-order valence-corrected chi connectivity index (χ3v) is 4.55. The average Bonchev–Trinajstić information content (AvgIpc) is 2.44. The molecule has 1 aliphatic carbocycles. The Morgan fingerprint density at radius 3 is 2.67 bits per heavy atom. The zero-order valence-electron chi connectivity index (χ0n) is 12.4. The zero-order chi connectivity index (χ0) is 15.4. The molecule has 5 heteroatoms. The lowest BCUT2D eigenvalue weighted by molar-refractivity contribution is -0.128. The summed E-state index contributed by atoms with van der Waals surface area (Å²) in [7, 11) is 0. The molecule has 1 amide bonds. The number of carbonyl (C=O) groups excluding carboxylic acids is 1. The molecule has 1 unspecified atom stereocenters. The van der Waals surface area contributed by atoms with E-state index in [4.69, 9.17) is 4.74 Å². The van der Waals surface area contributed by atoms with Crippen LogP contribution in [0.2, 0.25) is 0 Å². The van der Waals surface area contributed by atoms with Crippen molar-refractivity contribution in [3.05, 3.63) is 28.5 Å². The molecule has 1 aromatic rings. The van der Waals surface area contributed by atoms with Crippen molar-refractivity contribution in [2.75, 3.05) is 0 Å². The highest BCUT2D eigenvalue weighted by atomic mass is 79.9. The van der Waals surface area contributed by atoms with Crippen molar-refractivity contribution in [1.29, 1.82) is 0 Å². The molecule has 2 rings (SSSR count). The van der Waals surface area contributed by atoms with E-state index in [-0.39, 0.29) is 17.8 Å². The standard InChI is InChI=1S/C16H21BrFNO2/c1-10-3-6-13(7-4-10)19-16(20)11(2)21-15-8-5-12(18)9-14(15)17/h5,8-11,13H,3-4,6-7H2,1-2H3,(H,19,20). The molecule has 0 spiro atoms. The second-order valence-corrected chi connectivity index (χ2v) is 6.65. The zero-order valence-corrected chi connectivity index (χ0v) is 14.0. The van der Waals surface area contributed by atoms with Gasteiger partial charge in [-0.2, -0.15) is 0 Å². The summed E-state index contributed by atoms with van der Waals surface area (Å²) in [5, 5.41) is 3.04. The fourth-order valence-corrected chi connectivity index (χ4v) is 2.98. The van der Waals surface area contributed by atoms with Crippen molar-refractivity contribution in [3.63, 3.8) is 0 Å². The van der Waals surface area contributed by atoms with Crippen LogP contribution in [0.25, 0.3) is 0 Å². The van der Waals surface area contributed by atoms with Gasteiger partial charge >= 0.3 is 0 Å². The number of hydrogen-bond acceptors (Lipinski definition) is 2. The lowest BCUT2D eigenvalue weighted by Gasteiger charge is -2.28. The smallest absolute Gasteiger partial charge is 0.260 e. The van der Waals surface area contributed by atoms with E-state index in [0.717, 1.165) is 31.6 Å². The van der Waals surface area contributed by atoms with E-state index < -0.39 is 6.10 Å². The van der Waals surface area contributed by atoms with Gasteiger partial charge in [-0.25, -0.2) is 4.39 Å². The van der Waals surface area contributed by atoms with Gasteiger partial charge in [0, 0.05) is 6.04 Å². The summed E-state index contributed by atoms with van der Waals surface area (Å²) in [4.78, 5) is 12.1. The minimum absolute atomic E-state index is 0.120. The second-order valence-electron chi connectivity index (χ2n) is 5.80. The molecule has 1 fully saturated rings. The van der Waals surface area contributed by atoms with Crippen LogP contribution in [0.5, 0.6) is 5.75 Å². The first-order valence-corrected chi connectivity index (χ1v) is 8.17. The molecule has 0 saturated heterocycles. The topological polar surface area (TPSA) is 38.3 Å². The van der Waals surface area contributed by atoms with Gasteiger partial charge in [0.15, 0.2) is 6.10 Å². The Bertz CT molecular complexity index is 501. The first-order valence-electron chi connectivity index (χ1n) is 7.37. The molecule has 3 nitrogen and oxygen atoms in total. The van der Waals surface area contributed by atoms with Crippen molar-refractivity contribution in [1.82, 2.24) is 5.32 Å². The molecule has 1 saturated carbocycles. The maximum absolute atomic E-state index is 13.0. The van der Waals surface area contributed by atoms with Crippen molar-refractivity contribution in [2.24, 2.45) is 5.92 Å². The van der Waals surface area contributed by atoms with E-state index >= 15 is 0 Å². The summed E-state index contributed by atoms with van der Waals surface area (Å²) in [6.07, 6.45) is 3.76. The summed E-state index contributed by atoms with van der Waals surface area (Å²) in [6, 6.07) is 4.40. The van der Waals surface area contributed by atoms with E-state index in [0.29, 0.717) is 10.2 Å². The summed E-state index contributed by atoms with van der Waals surface area (Å²) in [5.41, 5.74) is 0. The fourth-order valence-electron chi connectivity index (χ4n) is 2.54. The molecular weight excluding hydrogens is 337 g/mol. The van der Waals surface area contributed by atoms with Crippen LogP contribution in [-0.4, -0.2) is 18.1 Å². The van der Waals surface area contributed by atoms with Crippen LogP contribution in [-0.2, 0) is 4.79 Å². The molecule has 0 radical (unpaired) electrons. The predicted octanol–water partition coefficient (Wildman–Crippen LogP) is 4.05. The van der Waals surface area contributed by atoms with E-state index in [2.05, 4.69) is 28.2 Å². The minimum atomic E-state index is -0.605. The average molecular weight is 358 g/mol. The highest BCUT2D eigenvalue weighted by molar-refractivity contribution is 9.10. The van der Waals surface area contributed by atoms with E-state index in [1.54, 1.807) is 6.92 Å². The van der Waals surface area contributed by atoms with Crippen LogP contribution < -0.4 is 10.1 Å². The van der Waals surface area contributed by atoms with Gasteiger partial charge in [0.2, 0.25) is 0 Å². The van der Waals surface area contributed by atoms with Crippen molar-refractivity contribution >= 4 is 21.8 Å². The first-order chi connectivity index (χ1) is 9.95. The maximum atomic E-state index is 13.0. The molecule has 0 heterocycles. The maximum Gasteiger partial charge on any atom is 0.260 e.